The van der Waals surface area contributed by atoms with Crippen LogP contribution in [0.3, 0.4) is 0 Å². The lowest BCUT2D eigenvalue weighted by Gasteiger charge is -2.23. The molecular formula is C20H17ClFN5O5. The number of carbonyl (C=O) groups is 1. The molecule has 1 heterocycles. The van der Waals surface area contributed by atoms with E-state index < -0.39 is 44.4 Å². The van der Waals surface area contributed by atoms with Gasteiger partial charge in [-0.15, -0.1) is 0 Å². The molecule has 0 saturated carbocycles. The van der Waals surface area contributed by atoms with Crippen LogP contribution in [0.4, 0.5) is 21.5 Å². The van der Waals surface area contributed by atoms with Gasteiger partial charge in [-0.3, -0.25) is 14.9 Å². The minimum Gasteiger partial charge on any atom is -0.506 e. The van der Waals surface area contributed by atoms with Gasteiger partial charge in [0.05, 0.1) is 21.3 Å². The standard InChI is InChI=1S/C20H17ClFN5O5/c1-26(9-11-5-15-16(7-14(11)22)25-3-2-24-15)20(30)12(8-23)18(28)10-4-13(21)19(29)17(6-10)27(31)32/h4-7,24-25,28-29H,2-3,9H2,1H3/b18-12-. The highest BCUT2D eigenvalue weighted by Crippen LogP contribution is 2.37. The number of likely N-dealkylation sites (N-methyl/N-ethyl adjacent to an activating group) is 1. The van der Waals surface area contributed by atoms with Crippen LogP contribution in [-0.2, 0) is 11.3 Å². The van der Waals surface area contributed by atoms with Gasteiger partial charge < -0.3 is 25.7 Å². The number of phenols is 1. The molecule has 3 rings (SSSR count). The van der Waals surface area contributed by atoms with Gasteiger partial charge in [-0.1, -0.05) is 11.6 Å². The predicted octanol–water partition coefficient (Wildman–Crippen LogP) is 3.38. The maximum Gasteiger partial charge on any atom is 0.313 e. The summed E-state index contributed by atoms with van der Waals surface area (Å²) in [4.78, 5) is 23.9. The van der Waals surface area contributed by atoms with E-state index in [0.717, 1.165) is 17.0 Å². The van der Waals surface area contributed by atoms with E-state index >= 15 is 0 Å². The largest absolute Gasteiger partial charge is 0.506 e. The van der Waals surface area contributed by atoms with Gasteiger partial charge in [0.2, 0.25) is 5.75 Å². The van der Waals surface area contributed by atoms with E-state index in [9.17, 15) is 34.8 Å². The Balaban J connectivity index is 1.92. The van der Waals surface area contributed by atoms with Crippen LogP contribution in [0.15, 0.2) is 29.8 Å². The third kappa shape index (κ3) is 4.35. The van der Waals surface area contributed by atoms with E-state index in [1.807, 2.05) is 0 Å². The number of phenolic OH excluding ortho intramolecular Hbond substituents is 1. The molecule has 1 aliphatic heterocycles. The quantitative estimate of drug-likeness (QED) is 0.174. The average molecular weight is 462 g/mol. The number of aliphatic hydroxyl groups excluding tert-OH is 1. The van der Waals surface area contributed by atoms with Gasteiger partial charge in [-0.25, -0.2) is 4.39 Å². The van der Waals surface area contributed by atoms with Crippen molar-refractivity contribution < 1.29 is 24.3 Å². The van der Waals surface area contributed by atoms with Crippen molar-refractivity contribution >= 4 is 40.3 Å². The van der Waals surface area contributed by atoms with Gasteiger partial charge in [-0.05, 0) is 18.2 Å². The number of nitrogens with zero attached hydrogens (tertiary/aromatic N) is 3. The lowest BCUT2D eigenvalue weighted by molar-refractivity contribution is -0.385. The van der Waals surface area contributed by atoms with E-state index in [2.05, 4.69) is 10.6 Å². The number of nitro benzene ring substituents is 1. The highest BCUT2D eigenvalue weighted by Gasteiger charge is 2.25. The minimum absolute atomic E-state index is 0.177. The van der Waals surface area contributed by atoms with Crippen molar-refractivity contribution in [1.29, 1.82) is 5.26 Å². The molecule has 0 aromatic heterocycles. The first-order valence-corrected chi connectivity index (χ1v) is 9.58. The van der Waals surface area contributed by atoms with Crippen LogP contribution in [0.5, 0.6) is 5.75 Å². The number of rotatable bonds is 5. The highest BCUT2D eigenvalue weighted by atomic mass is 35.5. The zero-order chi connectivity index (χ0) is 23.6. The number of hydrogen-bond donors (Lipinski definition) is 4. The minimum atomic E-state index is -0.944. The SMILES string of the molecule is CN(Cc1cc2c(cc1F)NCCN2)C(=O)/C(C#N)=C(\O)c1cc(Cl)c(O)c([N+](=O)[O-])c1. The summed E-state index contributed by atoms with van der Waals surface area (Å²) in [5.74, 6) is -3.19. The summed E-state index contributed by atoms with van der Waals surface area (Å²) in [5.41, 5.74) is -0.425. The molecule has 2 aromatic carbocycles. The maximum atomic E-state index is 14.5. The van der Waals surface area contributed by atoms with Gasteiger partial charge in [0.1, 0.15) is 17.6 Å². The molecule has 0 aliphatic carbocycles. The molecule has 0 fully saturated rings. The molecule has 10 nitrogen and oxygen atoms in total. The average Bonchev–Trinajstić information content (AvgIpc) is 2.76. The van der Waals surface area contributed by atoms with Crippen LogP contribution in [0.1, 0.15) is 11.1 Å². The second kappa shape index (κ2) is 8.99. The molecule has 0 unspecified atom stereocenters. The van der Waals surface area contributed by atoms with E-state index in [-0.39, 0.29) is 17.7 Å². The first-order valence-electron chi connectivity index (χ1n) is 9.20. The fourth-order valence-corrected chi connectivity index (χ4v) is 3.37. The first-order chi connectivity index (χ1) is 15.1. The Morgan fingerprint density at radius 3 is 2.53 bits per heavy atom. The third-order valence-electron chi connectivity index (χ3n) is 4.77. The second-order valence-electron chi connectivity index (χ2n) is 6.92. The number of amides is 1. The maximum absolute atomic E-state index is 14.5. The van der Waals surface area contributed by atoms with Crippen LogP contribution < -0.4 is 10.6 Å². The lowest BCUT2D eigenvalue weighted by atomic mass is 10.1. The Bertz CT molecular complexity index is 1190. The van der Waals surface area contributed by atoms with Crippen LogP contribution in [0.25, 0.3) is 5.76 Å². The molecule has 4 N–H and O–H groups in total. The van der Waals surface area contributed by atoms with E-state index in [1.165, 1.54) is 13.1 Å². The van der Waals surface area contributed by atoms with Gasteiger partial charge in [0, 0.05) is 43.9 Å². The molecule has 0 atom stereocenters. The zero-order valence-electron chi connectivity index (χ0n) is 16.6. The Labute approximate surface area is 186 Å². The van der Waals surface area contributed by atoms with Gasteiger partial charge in [0.15, 0.2) is 5.57 Å². The zero-order valence-corrected chi connectivity index (χ0v) is 17.4. The van der Waals surface area contributed by atoms with E-state index in [4.69, 9.17) is 11.6 Å². The van der Waals surface area contributed by atoms with E-state index in [0.29, 0.717) is 24.5 Å². The molecule has 0 saturated heterocycles. The van der Waals surface area contributed by atoms with Crippen LogP contribution in [0.2, 0.25) is 5.02 Å². The van der Waals surface area contributed by atoms with Crippen molar-refractivity contribution in [2.45, 2.75) is 6.54 Å². The number of halogens is 2. The number of carbonyl (C=O) groups excluding carboxylic acids is 1. The number of benzene rings is 2. The Hall–Kier alpha value is -4.04. The fourth-order valence-electron chi connectivity index (χ4n) is 3.15. The first kappa shape index (κ1) is 22.6. The number of aromatic hydroxyl groups is 1. The number of fused-ring (bicyclic) bond motifs is 1. The topological polar surface area (TPSA) is 152 Å². The molecule has 32 heavy (non-hydrogen) atoms. The van der Waals surface area contributed by atoms with Crippen LogP contribution >= 0.6 is 11.6 Å². The smallest absolute Gasteiger partial charge is 0.313 e. The molecule has 1 aliphatic rings. The number of anilines is 2. The van der Waals surface area contributed by atoms with Crippen LogP contribution in [0, 0.1) is 27.3 Å². The van der Waals surface area contributed by atoms with Gasteiger partial charge in [-0.2, -0.15) is 5.26 Å². The number of hydrogen-bond acceptors (Lipinski definition) is 8. The van der Waals surface area contributed by atoms with Crippen molar-refractivity contribution in [1.82, 2.24) is 4.90 Å². The summed E-state index contributed by atoms with van der Waals surface area (Å²) in [6, 6.07) is 6.16. The number of nitrogens with one attached hydrogen (secondary N) is 2. The molecule has 12 heteroatoms. The highest BCUT2D eigenvalue weighted by molar-refractivity contribution is 6.32. The van der Waals surface area contributed by atoms with Crippen molar-refractivity contribution in [3.05, 3.63) is 61.9 Å². The van der Waals surface area contributed by atoms with Gasteiger partial charge >= 0.3 is 5.69 Å². The van der Waals surface area contributed by atoms with Crippen LogP contribution in [-0.4, -0.2) is 46.1 Å². The predicted molar refractivity (Wildman–Crippen MR) is 115 cm³/mol. The second-order valence-corrected chi connectivity index (χ2v) is 7.33. The molecule has 0 radical (unpaired) electrons. The molecule has 0 spiro atoms. The number of nitro groups is 1. The van der Waals surface area contributed by atoms with Gasteiger partial charge in [0.25, 0.3) is 5.91 Å². The molecule has 1 amide bonds. The Morgan fingerprint density at radius 2 is 1.94 bits per heavy atom. The summed E-state index contributed by atoms with van der Waals surface area (Å²) in [5, 5.41) is 46.4. The molecule has 2 aromatic rings. The summed E-state index contributed by atoms with van der Waals surface area (Å²) >= 11 is 5.76. The molecular weight excluding hydrogens is 445 g/mol. The third-order valence-corrected chi connectivity index (χ3v) is 5.06. The summed E-state index contributed by atoms with van der Waals surface area (Å²) in [6.07, 6.45) is 0. The summed E-state index contributed by atoms with van der Waals surface area (Å²) in [7, 11) is 1.31. The van der Waals surface area contributed by atoms with Crippen molar-refractivity contribution in [2.24, 2.45) is 0 Å². The van der Waals surface area contributed by atoms with Crippen molar-refractivity contribution in [3.63, 3.8) is 0 Å². The number of nitriles is 1. The Morgan fingerprint density at radius 1 is 1.31 bits per heavy atom. The normalized spacial score (nSPS) is 13.1. The Kier molecular flexibility index (Phi) is 6.36. The summed E-state index contributed by atoms with van der Waals surface area (Å²) < 4.78 is 14.5. The van der Waals surface area contributed by atoms with Crippen molar-refractivity contribution in [3.8, 4) is 11.8 Å². The molecule has 0 bridgehead atoms. The molecule has 166 valence electrons. The fraction of sp³-hybridized carbons (Fsp3) is 0.200. The number of aliphatic hydroxyl groups is 1. The van der Waals surface area contributed by atoms with E-state index in [1.54, 1.807) is 12.1 Å². The monoisotopic (exact) mass is 461 g/mol. The lowest BCUT2D eigenvalue weighted by Crippen LogP contribution is -2.29. The van der Waals surface area contributed by atoms with Crippen molar-refractivity contribution in [2.75, 3.05) is 30.8 Å². The summed E-state index contributed by atoms with van der Waals surface area (Å²) in [6.45, 7) is 1.07.